The van der Waals surface area contributed by atoms with E-state index in [2.05, 4.69) is 20.0 Å². The number of amides is 1. The van der Waals surface area contributed by atoms with Crippen LogP contribution in [-0.4, -0.2) is 53.5 Å². The van der Waals surface area contributed by atoms with Gasteiger partial charge in [0.1, 0.15) is 6.54 Å². The van der Waals surface area contributed by atoms with E-state index in [9.17, 15) is 21.6 Å². The van der Waals surface area contributed by atoms with E-state index < -0.39 is 32.5 Å². The molecule has 0 aliphatic rings. The molecule has 1 heterocycles. The smallest absolute Gasteiger partial charge is 0.264 e. The number of halogens is 1. The van der Waals surface area contributed by atoms with Gasteiger partial charge in [0.2, 0.25) is 11.9 Å². The topological polar surface area (TPSA) is 157 Å². The third-order valence-electron chi connectivity index (χ3n) is 6.00. The van der Waals surface area contributed by atoms with Gasteiger partial charge in [-0.1, -0.05) is 11.6 Å². The molecule has 1 aromatic heterocycles. The molecule has 15 heteroatoms. The number of carbonyl (C=O) groups is 1. The van der Waals surface area contributed by atoms with Crippen LogP contribution in [0.15, 0.2) is 82.6 Å². The van der Waals surface area contributed by atoms with Gasteiger partial charge in [-0.25, -0.2) is 31.5 Å². The Bertz CT molecular complexity index is 1830. The number of ether oxygens (including phenoxy) is 2. The fourth-order valence-corrected chi connectivity index (χ4v) is 6.53. The van der Waals surface area contributed by atoms with Gasteiger partial charge in [0.15, 0.2) is 11.5 Å². The number of anilines is 3. The summed E-state index contributed by atoms with van der Waals surface area (Å²) in [6.07, 6.45) is 0. The van der Waals surface area contributed by atoms with Crippen molar-refractivity contribution >= 4 is 54.9 Å². The van der Waals surface area contributed by atoms with Crippen LogP contribution in [0.3, 0.4) is 0 Å². The zero-order valence-electron chi connectivity index (χ0n) is 23.5. The predicted octanol–water partition coefficient (Wildman–Crippen LogP) is 4.40. The van der Waals surface area contributed by atoms with Crippen LogP contribution in [0.5, 0.6) is 11.5 Å². The maximum Gasteiger partial charge on any atom is 0.264 e. The largest absolute Gasteiger partial charge is 0.493 e. The maximum absolute atomic E-state index is 13.8. The zero-order valence-corrected chi connectivity index (χ0v) is 25.9. The third-order valence-corrected chi connectivity index (χ3v) is 9.37. The second-order valence-electron chi connectivity index (χ2n) is 9.16. The molecular formula is C28H28ClN5O7S2. The fourth-order valence-electron chi connectivity index (χ4n) is 4.03. The summed E-state index contributed by atoms with van der Waals surface area (Å²) in [6.45, 7) is 2.83. The van der Waals surface area contributed by atoms with Crippen molar-refractivity contribution in [1.29, 1.82) is 0 Å². The molecule has 226 valence electrons. The first-order chi connectivity index (χ1) is 20.3. The minimum absolute atomic E-state index is 0.0622. The molecule has 4 aromatic rings. The van der Waals surface area contributed by atoms with Crippen LogP contribution < -0.4 is 23.8 Å². The number of benzene rings is 3. The van der Waals surface area contributed by atoms with Crippen LogP contribution in [-0.2, 0) is 24.8 Å². The molecule has 4 rings (SSSR count). The lowest BCUT2D eigenvalue weighted by Gasteiger charge is -2.24. The Labute approximate surface area is 254 Å². The Morgan fingerprint density at radius 3 is 1.98 bits per heavy atom. The van der Waals surface area contributed by atoms with Crippen molar-refractivity contribution in [2.24, 2.45) is 0 Å². The highest BCUT2D eigenvalue weighted by Crippen LogP contribution is 2.32. The number of methoxy groups -OCH3 is 2. The quantitative estimate of drug-likeness (QED) is 0.241. The molecule has 12 nitrogen and oxygen atoms in total. The lowest BCUT2D eigenvalue weighted by atomic mass is 10.3. The number of carbonyl (C=O) groups excluding carboxylic acids is 1. The number of aromatic nitrogens is 2. The first kappa shape index (κ1) is 31.5. The van der Waals surface area contributed by atoms with Crippen LogP contribution in [0.2, 0.25) is 5.02 Å². The van der Waals surface area contributed by atoms with E-state index in [0.29, 0.717) is 22.2 Å². The minimum atomic E-state index is -4.28. The monoisotopic (exact) mass is 645 g/mol. The van der Waals surface area contributed by atoms with Crippen molar-refractivity contribution in [3.63, 3.8) is 0 Å². The summed E-state index contributed by atoms with van der Waals surface area (Å²) in [6, 6.07) is 17.1. The Balaban J connectivity index is 1.56. The molecule has 0 radical (unpaired) electrons. The van der Waals surface area contributed by atoms with E-state index >= 15 is 0 Å². The van der Waals surface area contributed by atoms with E-state index in [1.165, 1.54) is 80.9 Å². The highest BCUT2D eigenvalue weighted by molar-refractivity contribution is 7.93. The van der Waals surface area contributed by atoms with Gasteiger partial charge in [0.25, 0.3) is 20.0 Å². The van der Waals surface area contributed by atoms with E-state index in [4.69, 9.17) is 21.1 Å². The molecule has 2 N–H and O–H groups in total. The standard InChI is InChI=1S/C28H28ClN5O7S2/c1-18-15-19(2)31-28(30-18)33-42(36,37)23-11-7-21(8-12-23)32-27(35)17-34(22-9-5-20(29)6-10-22)43(38,39)24-13-14-25(40-3)26(16-24)41-4/h5-16H,17H2,1-4H3,(H,32,35)(H,30,31,33). The normalized spacial score (nSPS) is 11.5. The van der Waals surface area contributed by atoms with Crippen LogP contribution in [0.1, 0.15) is 11.4 Å². The predicted molar refractivity (Wildman–Crippen MR) is 163 cm³/mol. The third kappa shape index (κ3) is 7.52. The van der Waals surface area contributed by atoms with Gasteiger partial charge in [-0.2, -0.15) is 0 Å². The average molecular weight is 646 g/mol. The van der Waals surface area contributed by atoms with Gasteiger partial charge in [-0.15, -0.1) is 0 Å². The lowest BCUT2D eigenvalue weighted by molar-refractivity contribution is -0.114. The molecule has 0 atom stereocenters. The molecule has 0 aliphatic carbocycles. The molecular weight excluding hydrogens is 618 g/mol. The molecule has 1 amide bonds. The van der Waals surface area contributed by atoms with Crippen molar-refractivity contribution in [2.45, 2.75) is 23.6 Å². The highest BCUT2D eigenvalue weighted by Gasteiger charge is 2.28. The molecule has 0 saturated heterocycles. The fraction of sp³-hybridized carbons (Fsp3) is 0.179. The number of rotatable bonds is 11. The number of hydrogen-bond acceptors (Lipinski definition) is 9. The first-order valence-electron chi connectivity index (χ1n) is 12.6. The van der Waals surface area contributed by atoms with Crippen LogP contribution in [0.4, 0.5) is 17.3 Å². The summed E-state index contributed by atoms with van der Waals surface area (Å²) < 4.78 is 66.9. The zero-order chi connectivity index (χ0) is 31.4. The second kappa shape index (κ2) is 12.9. The number of aryl methyl sites for hydroxylation is 2. The van der Waals surface area contributed by atoms with Gasteiger partial charge in [-0.05, 0) is 80.6 Å². The lowest BCUT2D eigenvalue weighted by Crippen LogP contribution is -2.38. The molecule has 0 spiro atoms. The van der Waals surface area contributed by atoms with Gasteiger partial charge in [0.05, 0.1) is 29.7 Å². The van der Waals surface area contributed by atoms with Crippen molar-refractivity contribution in [1.82, 2.24) is 9.97 Å². The summed E-state index contributed by atoms with van der Waals surface area (Å²) in [5, 5.41) is 2.99. The van der Waals surface area contributed by atoms with Gasteiger partial charge in [-0.3, -0.25) is 9.10 Å². The summed E-state index contributed by atoms with van der Waals surface area (Å²) in [5.74, 6) is -0.221. The van der Waals surface area contributed by atoms with Gasteiger partial charge >= 0.3 is 0 Å². The number of nitrogens with zero attached hydrogens (tertiary/aromatic N) is 3. The summed E-state index contributed by atoms with van der Waals surface area (Å²) in [7, 11) is -5.49. The number of sulfonamides is 2. The number of hydrogen-bond donors (Lipinski definition) is 2. The Morgan fingerprint density at radius 1 is 0.814 bits per heavy atom. The molecule has 0 unspecified atom stereocenters. The summed E-state index contributed by atoms with van der Waals surface area (Å²) in [4.78, 5) is 21.1. The van der Waals surface area contributed by atoms with Gasteiger partial charge < -0.3 is 14.8 Å². The summed E-state index contributed by atoms with van der Waals surface area (Å²) >= 11 is 6.01. The van der Waals surface area contributed by atoms with Crippen LogP contribution in [0.25, 0.3) is 0 Å². The van der Waals surface area contributed by atoms with E-state index in [0.717, 1.165) is 4.31 Å². The van der Waals surface area contributed by atoms with Crippen molar-refractivity contribution in [3.8, 4) is 11.5 Å². The van der Waals surface area contributed by atoms with E-state index in [1.807, 2.05) is 0 Å². The van der Waals surface area contributed by atoms with Crippen LogP contribution >= 0.6 is 11.6 Å². The molecule has 43 heavy (non-hydrogen) atoms. The minimum Gasteiger partial charge on any atom is -0.493 e. The molecule has 0 fully saturated rings. The average Bonchev–Trinajstić information content (AvgIpc) is 2.95. The molecule has 3 aromatic carbocycles. The summed E-state index contributed by atoms with van der Waals surface area (Å²) in [5.41, 5.74) is 1.63. The van der Waals surface area contributed by atoms with Crippen LogP contribution in [0, 0.1) is 13.8 Å². The van der Waals surface area contributed by atoms with E-state index in [1.54, 1.807) is 19.9 Å². The van der Waals surface area contributed by atoms with Crippen molar-refractivity contribution in [3.05, 3.63) is 89.2 Å². The van der Waals surface area contributed by atoms with Gasteiger partial charge in [0, 0.05) is 28.2 Å². The first-order valence-corrected chi connectivity index (χ1v) is 15.9. The molecule has 0 bridgehead atoms. The Kier molecular flexibility index (Phi) is 9.43. The van der Waals surface area contributed by atoms with Crippen molar-refractivity contribution < 1.29 is 31.1 Å². The Morgan fingerprint density at radius 2 is 1.40 bits per heavy atom. The number of nitrogens with one attached hydrogen (secondary N) is 2. The van der Waals surface area contributed by atoms with E-state index in [-0.39, 0.29) is 32.9 Å². The highest BCUT2D eigenvalue weighted by atomic mass is 35.5. The second-order valence-corrected chi connectivity index (χ2v) is 13.1. The molecule has 0 aliphatic heterocycles. The SMILES string of the molecule is COc1ccc(S(=O)(=O)N(CC(=O)Nc2ccc(S(=O)(=O)Nc3nc(C)cc(C)n3)cc2)c2ccc(Cl)cc2)cc1OC. The molecule has 0 saturated carbocycles. The van der Waals surface area contributed by atoms with Crippen molar-refractivity contribution in [2.75, 3.05) is 35.1 Å². The maximum atomic E-state index is 13.8. The Hall–Kier alpha value is -4.40.